The summed E-state index contributed by atoms with van der Waals surface area (Å²) in [4.78, 5) is 25.6. The van der Waals surface area contributed by atoms with Crippen molar-refractivity contribution in [1.29, 1.82) is 0 Å². The third-order valence-corrected chi connectivity index (χ3v) is 4.13. The molecule has 4 heteroatoms. The zero-order valence-electron chi connectivity index (χ0n) is 10.6. The average Bonchev–Trinajstić information content (AvgIpc) is 2.91. The zero-order chi connectivity index (χ0) is 12.3. The number of likely N-dealkylation sites (tertiary alicyclic amines) is 1. The number of amides is 2. The maximum Gasteiger partial charge on any atom is 0.225 e. The summed E-state index contributed by atoms with van der Waals surface area (Å²) >= 11 is 0. The predicted molar refractivity (Wildman–Crippen MR) is 65.3 cm³/mol. The third kappa shape index (κ3) is 2.79. The first-order valence-electron chi connectivity index (χ1n) is 6.72. The van der Waals surface area contributed by atoms with Crippen LogP contribution in [0, 0.1) is 11.8 Å². The zero-order valence-corrected chi connectivity index (χ0v) is 10.6. The van der Waals surface area contributed by atoms with Crippen LogP contribution in [0.3, 0.4) is 0 Å². The van der Waals surface area contributed by atoms with Crippen LogP contribution < -0.4 is 5.32 Å². The maximum atomic E-state index is 12.2. The highest BCUT2D eigenvalue weighted by Gasteiger charge is 2.31. The first-order chi connectivity index (χ1) is 8.22. The Morgan fingerprint density at radius 2 is 1.59 bits per heavy atom. The molecular weight excluding hydrogens is 216 g/mol. The van der Waals surface area contributed by atoms with Gasteiger partial charge in [0.25, 0.3) is 0 Å². The Morgan fingerprint density at radius 3 is 2.12 bits per heavy atom. The first kappa shape index (κ1) is 12.4. The van der Waals surface area contributed by atoms with Gasteiger partial charge in [0, 0.05) is 32.0 Å². The van der Waals surface area contributed by atoms with E-state index in [9.17, 15) is 9.59 Å². The predicted octanol–water partition coefficient (Wildman–Crippen LogP) is 1.16. The van der Waals surface area contributed by atoms with Crippen LogP contribution in [0.4, 0.5) is 0 Å². The number of nitrogens with zero attached hydrogens (tertiary/aromatic N) is 1. The first-order valence-corrected chi connectivity index (χ1v) is 6.72. The molecule has 2 amide bonds. The number of carbonyl (C=O) groups excluding carboxylic acids is 2. The van der Waals surface area contributed by atoms with E-state index in [0.717, 1.165) is 38.8 Å². The summed E-state index contributed by atoms with van der Waals surface area (Å²) in [6.45, 7) is 1.51. The molecule has 0 spiro atoms. The molecule has 0 bridgehead atoms. The number of nitrogens with one attached hydrogen (secondary N) is 1. The van der Waals surface area contributed by atoms with Gasteiger partial charge in [-0.25, -0.2) is 0 Å². The normalized spacial score (nSPS) is 22.8. The minimum absolute atomic E-state index is 0.104. The number of hydrogen-bond acceptors (Lipinski definition) is 2. The van der Waals surface area contributed by atoms with Crippen LogP contribution >= 0.6 is 0 Å². The van der Waals surface area contributed by atoms with Gasteiger partial charge < -0.3 is 10.2 Å². The fourth-order valence-electron chi connectivity index (χ4n) is 3.00. The Bertz CT molecular complexity index is 290. The quantitative estimate of drug-likeness (QED) is 0.785. The third-order valence-electron chi connectivity index (χ3n) is 4.13. The highest BCUT2D eigenvalue weighted by Crippen LogP contribution is 2.28. The molecule has 1 N–H and O–H groups in total. The fraction of sp³-hybridized carbons (Fsp3) is 0.846. The van der Waals surface area contributed by atoms with Crippen molar-refractivity contribution in [3.63, 3.8) is 0 Å². The molecule has 2 fully saturated rings. The summed E-state index contributed by atoms with van der Waals surface area (Å²) in [6.07, 6.45) is 6.16. The van der Waals surface area contributed by atoms with Crippen molar-refractivity contribution in [3.05, 3.63) is 0 Å². The van der Waals surface area contributed by atoms with Crippen molar-refractivity contribution in [2.24, 2.45) is 11.8 Å². The van der Waals surface area contributed by atoms with Crippen LogP contribution in [-0.4, -0.2) is 36.9 Å². The highest BCUT2D eigenvalue weighted by atomic mass is 16.2. The summed E-state index contributed by atoms with van der Waals surface area (Å²) in [7, 11) is 1.68. The monoisotopic (exact) mass is 238 g/mol. The fourth-order valence-corrected chi connectivity index (χ4v) is 3.00. The van der Waals surface area contributed by atoms with Crippen molar-refractivity contribution in [3.8, 4) is 0 Å². The molecule has 0 aromatic heterocycles. The van der Waals surface area contributed by atoms with Gasteiger partial charge in [0.1, 0.15) is 0 Å². The Kier molecular flexibility index (Phi) is 4.02. The number of carbonyl (C=O) groups is 2. The molecule has 1 saturated carbocycles. The van der Waals surface area contributed by atoms with Gasteiger partial charge in [-0.05, 0) is 25.7 Å². The summed E-state index contributed by atoms with van der Waals surface area (Å²) in [5.74, 6) is 0.829. The number of hydrogen-bond donors (Lipinski definition) is 1. The van der Waals surface area contributed by atoms with Crippen LogP contribution in [0.1, 0.15) is 38.5 Å². The van der Waals surface area contributed by atoms with Crippen LogP contribution in [0.15, 0.2) is 0 Å². The van der Waals surface area contributed by atoms with Crippen molar-refractivity contribution in [2.75, 3.05) is 20.1 Å². The van der Waals surface area contributed by atoms with Gasteiger partial charge in [-0.15, -0.1) is 0 Å². The van der Waals surface area contributed by atoms with Crippen molar-refractivity contribution < 1.29 is 9.59 Å². The second kappa shape index (κ2) is 5.52. The Morgan fingerprint density at radius 1 is 1.00 bits per heavy atom. The molecular formula is C13H22N2O2. The van der Waals surface area contributed by atoms with Gasteiger partial charge in [-0.3, -0.25) is 9.59 Å². The van der Waals surface area contributed by atoms with E-state index in [2.05, 4.69) is 5.32 Å². The SMILES string of the molecule is CNC(=O)C1CCN(C(=O)C2CCCC2)CC1. The van der Waals surface area contributed by atoms with E-state index in [-0.39, 0.29) is 17.7 Å². The Balaban J connectivity index is 1.82. The van der Waals surface area contributed by atoms with Gasteiger partial charge in [0.2, 0.25) is 11.8 Å². The largest absolute Gasteiger partial charge is 0.359 e. The minimum Gasteiger partial charge on any atom is -0.359 e. The van der Waals surface area contributed by atoms with Crippen LogP contribution in [0.25, 0.3) is 0 Å². The molecule has 1 aliphatic heterocycles. The van der Waals surface area contributed by atoms with Gasteiger partial charge in [0.05, 0.1) is 0 Å². The lowest BCUT2D eigenvalue weighted by Crippen LogP contribution is -2.44. The summed E-state index contributed by atoms with van der Waals surface area (Å²) in [5, 5.41) is 2.69. The molecule has 96 valence electrons. The molecule has 17 heavy (non-hydrogen) atoms. The van der Waals surface area contributed by atoms with Gasteiger partial charge >= 0.3 is 0 Å². The number of piperidine rings is 1. The molecule has 0 aromatic carbocycles. The Labute approximate surface area is 103 Å². The van der Waals surface area contributed by atoms with E-state index in [1.165, 1.54) is 12.8 Å². The van der Waals surface area contributed by atoms with E-state index >= 15 is 0 Å². The molecule has 0 radical (unpaired) electrons. The summed E-state index contributed by atoms with van der Waals surface area (Å²) < 4.78 is 0. The molecule has 1 saturated heterocycles. The minimum atomic E-state index is 0.104. The van der Waals surface area contributed by atoms with Gasteiger partial charge in [0.15, 0.2) is 0 Å². The van der Waals surface area contributed by atoms with Crippen molar-refractivity contribution in [2.45, 2.75) is 38.5 Å². The second-order valence-corrected chi connectivity index (χ2v) is 5.20. The van der Waals surface area contributed by atoms with Crippen molar-refractivity contribution >= 4 is 11.8 Å². The average molecular weight is 238 g/mol. The molecule has 2 rings (SSSR count). The maximum absolute atomic E-state index is 12.2. The van der Waals surface area contributed by atoms with Crippen LogP contribution in [0.2, 0.25) is 0 Å². The summed E-state index contributed by atoms with van der Waals surface area (Å²) in [6, 6.07) is 0. The topological polar surface area (TPSA) is 49.4 Å². The molecule has 4 nitrogen and oxygen atoms in total. The smallest absolute Gasteiger partial charge is 0.225 e. The van der Waals surface area contributed by atoms with E-state index < -0.39 is 0 Å². The van der Waals surface area contributed by atoms with E-state index in [1.807, 2.05) is 4.90 Å². The van der Waals surface area contributed by atoms with E-state index in [0.29, 0.717) is 5.91 Å². The number of rotatable bonds is 2. The summed E-state index contributed by atoms with van der Waals surface area (Å²) in [5.41, 5.74) is 0. The molecule has 2 aliphatic rings. The molecule has 1 heterocycles. The lowest BCUT2D eigenvalue weighted by atomic mass is 9.94. The lowest BCUT2D eigenvalue weighted by molar-refractivity contribution is -0.138. The van der Waals surface area contributed by atoms with Crippen LogP contribution in [-0.2, 0) is 9.59 Å². The molecule has 1 aliphatic carbocycles. The molecule has 0 aromatic rings. The molecule has 0 unspecified atom stereocenters. The lowest BCUT2D eigenvalue weighted by Gasteiger charge is -2.32. The van der Waals surface area contributed by atoms with E-state index in [4.69, 9.17) is 0 Å². The van der Waals surface area contributed by atoms with Crippen LogP contribution in [0.5, 0.6) is 0 Å². The standard InChI is InChI=1S/C13H22N2O2/c1-14-12(16)10-6-8-15(9-7-10)13(17)11-4-2-3-5-11/h10-11H,2-9H2,1H3,(H,14,16). The van der Waals surface area contributed by atoms with Gasteiger partial charge in [-0.1, -0.05) is 12.8 Å². The second-order valence-electron chi connectivity index (χ2n) is 5.20. The highest BCUT2D eigenvalue weighted by molar-refractivity contribution is 5.81. The molecule has 0 atom stereocenters. The van der Waals surface area contributed by atoms with Gasteiger partial charge in [-0.2, -0.15) is 0 Å². The Hall–Kier alpha value is -1.06. The van der Waals surface area contributed by atoms with E-state index in [1.54, 1.807) is 7.05 Å². The van der Waals surface area contributed by atoms with Crippen molar-refractivity contribution in [1.82, 2.24) is 10.2 Å².